The molecule has 2 N–H and O–H groups in total. The van der Waals surface area contributed by atoms with Crippen LogP contribution >= 0.6 is 0 Å². The molecule has 2 fully saturated rings. The SMILES string of the molecule is CCC1CCC(CN)(N2CCC(C(C)C)C2)C1. The van der Waals surface area contributed by atoms with E-state index in [-0.39, 0.29) is 0 Å². The minimum Gasteiger partial charge on any atom is -0.329 e. The van der Waals surface area contributed by atoms with Crippen molar-refractivity contribution in [1.82, 2.24) is 4.90 Å². The minimum atomic E-state index is 0.365. The van der Waals surface area contributed by atoms with Gasteiger partial charge in [0.1, 0.15) is 0 Å². The van der Waals surface area contributed by atoms with Crippen molar-refractivity contribution in [2.75, 3.05) is 19.6 Å². The van der Waals surface area contributed by atoms with Crippen LogP contribution in [-0.2, 0) is 0 Å². The van der Waals surface area contributed by atoms with Crippen LogP contribution in [0.25, 0.3) is 0 Å². The molecule has 0 bridgehead atoms. The highest BCUT2D eigenvalue weighted by Crippen LogP contribution is 2.42. The average Bonchev–Trinajstić information content (AvgIpc) is 2.96. The van der Waals surface area contributed by atoms with Gasteiger partial charge >= 0.3 is 0 Å². The van der Waals surface area contributed by atoms with Crippen molar-refractivity contribution < 1.29 is 0 Å². The van der Waals surface area contributed by atoms with Gasteiger partial charge in [0.15, 0.2) is 0 Å². The molecule has 0 aromatic heterocycles. The standard InChI is InChI=1S/C15H30N2/c1-4-13-5-7-15(9-13,11-16)17-8-6-14(10-17)12(2)3/h12-14H,4-11,16H2,1-3H3. The summed E-state index contributed by atoms with van der Waals surface area (Å²) < 4.78 is 0. The quantitative estimate of drug-likeness (QED) is 0.816. The molecule has 2 aliphatic rings. The number of rotatable bonds is 4. The molecule has 1 aliphatic heterocycles. The van der Waals surface area contributed by atoms with E-state index in [0.29, 0.717) is 5.54 Å². The molecule has 3 unspecified atom stereocenters. The molecule has 100 valence electrons. The topological polar surface area (TPSA) is 29.3 Å². The van der Waals surface area contributed by atoms with Crippen molar-refractivity contribution in [2.45, 2.75) is 58.4 Å². The number of nitrogens with two attached hydrogens (primary N) is 1. The lowest BCUT2D eigenvalue weighted by Gasteiger charge is -2.38. The van der Waals surface area contributed by atoms with Gasteiger partial charge in [-0.3, -0.25) is 4.90 Å². The second-order valence-corrected chi connectivity index (χ2v) is 6.68. The first-order chi connectivity index (χ1) is 8.11. The first-order valence-electron chi connectivity index (χ1n) is 7.56. The van der Waals surface area contributed by atoms with Gasteiger partial charge < -0.3 is 5.73 Å². The molecule has 0 amide bonds. The van der Waals surface area contributed by atoms with Gasteiger partial charge in [-0.05, 0) is 50.0 Å². The molecule has 2 heteroatoms. The summed E-state index contributed by atoms with van der Waals surface area (Å²) in [6, 6.07) is 0. The zero-order chi connectivity index (χ0) is 12.5. The van der Waals surface area contributed by atoms with E-state index in [1.54, 1.807) is 0 Å². The maximum atomic E-state index is 6.15. The van der Waals surface area contributed by atoms with Crippen LogP contribution in [0.3, 0.4) is 0 Å². The van der Waals surface area contributed by atoms with Crippen molar-refractivity contribution in [3.63, 3.8) is 0 Å². The van der Waals surface area contributed by atoms with E-state index in [0.717, 1.165) is 24.3 Å². The Morgan fingerprint density at radius 2 is 2.12 bits per heavy atom. The van der Waals surface area contributed by atoms with Crippen molar-refractivity contribution in [3.05, 3.63) is 0 Å². The lowest BCUT2D eigenvalue weighted by Crippen LogP contribution is -2.51. The molecule has 1 heterocycles. The van der Waals surface area contributed by atoms with Crippen molar-refractivity contribution in [2.24, 2.45) is 23.5 Å². The first-order valence-corrected chi connectivity index (χ1v) is 7.56. The molecule has 0 radical (unpaired) electrons. The highest BCUT2D eigenvalue weighted by Gasteiger charge is 2.44. The fourth-order valence-corrected chi connectivity index (χ4v) is 3.93. The van der Waals surface area contributed by atoms with E-state index in [1.165, 1.54) is 45.2 Å². The van der Waals surface area contributed by atoms with E-state index in [4.69, 9.17) is 5.73 Å². The largest absolute Gasteiger partial charge is 0.329 e. The summed E-state index contributed by atoms with van der Waals surface area (Å²) in [5, 5.41) is 0. The third-order valence-corrected chi connectivity index (χ3v) is 5.48. The van der Waals surface area contributed by atoms with Crippen LogP contribution in [0.5, 0.6) is 0 Å². The Kier molecular flexibility index (Phi) is 4.14. The molecule has 17 heavy (non-hydrogen) atoms. The van der Waals surface area contributed by atoms with Crippen LogP contribution in [0.1, 0.15) is 52.9 Å². The maximum Gasteiger partial charge on any atom is 0.0334 e. The lowest BCUT2D eigenvalue weighted by molar-refractivity contribution is 0.116. The van der Waals surface area contributed by atoms with Gasteiger partial charge in [-0.15, -0.1) is 0 Å². The molecule has 1 saturated carbocycles. The van der Waals surface area contributed by atoms with E-state index in [2.05, 4.69) is 25.7 Å². The average molecular weight is 238 g/mol. The maximum absolute atomic E-state index is 6.15. The second kappa shape index (κ2) is 5.27. The van der Waals surface area contributed by atoms with E-state index in [1.807, 2.05) is 0 Å². The van der Waals surface area contributed by atoms with E-state index < -0.39 is 0 Å². The van der Waals surface area contributed by atoms with Crippen LogP contribution < -0.4 is 5.73 Å². The number of nitrogens with zero attached hydrogens (tertiary/aromatic N) is 1. The highest BCUT2D eigenvalue weighted by molar-refractivity contribution is 5.01. The summed E-state index contributed by atoms with van der Waals surface area (Å²) in [5.74, 6) is 2.66. The second-order valence-electron chi connectivity index (χ2n) is 6.68. The zero-order valence-corrected chi connectivity index (χ0v) is 11.9. The molecular formula is C15H30N2. The van der Waals surface area contributed by atoms with Crippen LogP contribution in [0.15, 0.2) is 0 Å². The van der Waals surface area contributed by atoms with Crippen LogP contribution in [0, 0.1) is 17.8 Å². The predicted octanol–water partition coefficient (Wildman–Crippen LogP) is 2.87. The Labute approximate surface area is 107 Å². The van der Waals surface area contributed by atoms with Gasteiger partial charge in [-0.25, -0.2) is 0 Å². The fraction of sp³-hybridized carbons (Fsp3) is 1.00. The molecular weight excluding hydrogens is 208 g/mol. The van der Waals surface area contributed by atoms with Crippen LogP contribution in [0.4, 0.5) is 0 Å². The Morgan fingerprint density at radius 1 is 1.35 bits per heavy atom. The summed E-state index contributed by atoms with van der Waals surface area (Å²) in [7, 11) is 0. The number of hydrogen-bond acceptors (Lipinski definition) is 2. The van der Waals surface area contributed by atoms with Crippen LogP contribution in [0.2, 0.25) is 0 Å². The first kappa shape index (κ1) is 13.4. The smallest absolute Gasteiger partial charge is 0.0334 e. The lowest BCUT2D eigenvalue weighted by atomic mass is 9.92. The molecule has 3 atom stereocenters. The third-order valence-electron chi connectivity index (χ3n) is 5.48. The highest BCUT2D eigenvalue weighted by atomic mass is 15.2. The molecule has 1 aliphatic carbocycles. The summed E-state index contributed by atoms with van der Waals surface area (Å²) in [4.78, 5) is 2.74. The predicted molar refractivity (Wildman–Crippen MR) is 73.9 cm³/mol. The van der Waals surface area contributed by atoms with Crippen molar-refractivity contribution in [1.29, 1.82) is 0 Å². The Bertz CT molecular complexity index is 251. The summed E-state index contributed by atoms with van der Waals surface area (Å²) in [5.41, 5.74) is 6.51. The van der Waals surface area contributed by atoms with Crippen molar-refractivity contribution >= 4 is 0 Å². The molecule has 0 spiro atoms. The third kappa shape index (κ3) is 2.53. The van der Waals surface area contributed by atoms with Crippen LogP contribution in [-0.4, -0.2) is 30.1 Å². The number of hydrogen-bond donors (Lipinski definition) is 1. The molecule has 2 rings (SSSR count). The fourth-order valence-electron chi connectivity index (χ4n) is 3.93. The number of likely N-dealkylation sites (tertiary alicyclic amines) is 1. The Morgan fingerprint density at radius 3 is 2.59 bits per heavy atom. The van der Waals surface area contributed by atoms with Gasteiger partial charge in [0.25, 0.3) is 0 Å². The summed E-state index contributed by atoms with van der Waals surface area (Å²) in [6.07, 6.45) is 6.81. The monoisotopic (exact) mass is 238 g/mol. The molecule has 1 saturated heterocycles. The Balaban J connectivity index is 2.00. The zero-order valence-electron chi connectivity index (χ0n) is 11.9. The van der Waals surface area contributed by atoms with Gasteiger partial charge in [-0.2, -0.15) is 0 Å². The normalized spacial score (nSPS) is 39.4. The van der Waals surface area contributed by atoms with Gasteiger partial charge in [0.05, 0.1) is 0 Å². The van der Waals surface area contributed by atoms with Crippen molar-refractivity contribution in [3.8, 4) is 0 Å². The molecule has 0 aromatic rings. The molecule has 2 nitrogen and oxygen atoms in total. The van der Waals surface area contributed by atoms with Gasteiger partial charge in [0.2, 0.25) is 0 Å². The van der Waals surface area contributed by atoms with E-state index >= 15 is 0 Å². The van der Waals surface area contributed by atoms with Gasteiger partial charge in [0, 0.05) is 18.6 Å². The molecule has 0 aromatic carbocycles. The minimum absolute atomic E-state index is 0.365. The van der Waals surface area contributed by atoms with E-state index in [9.17, 15) is 0 Å². The Hall–Kier alpha value is -0.0800. The van der Waals surface area contributed by atoms with Gasteiger partial charge in [-0.1, -0.05) is 27.2 Å². The summed E-state index contributed by atoms with van der Waals surface area (Å²) in [6.45, 7) is 10.5. The summed E-state index contributed by atoms with van der Waals surface area (Å²) >= 11 is 0.